The van der Waals surface area contributed by atoms with Crippen molar-refractivity contribution in [3.63, 3.8) is 0 Å². The van der Waals surface area contributed by atoms with E-state index in [1.54, 1.807) is 17.4 Å². The maximum atomic E-state index is 12.7. The van der Waals surface area contributed by atoms with Gasteiger partial charge >= 0.3 is 5.00 Å². The van der Waals surface area contributed by atoms with E-state index in [2.05, 4.69) is 18.4 Å². The number of hydrogen-bond acceptors (Lipinski definition) is 5. The molecule has 1 unspecified atom stereocenters. The molecule has 0 radical (unpaired) electrons. The summed E-state index contributed by atoms with van der Waals surface area (Å²) >= 11 is 2.69. The molecule has 7 heteroatoms. The zero-order valence-corrected chi connectivity index (χ0v) is 13.1. The molecule has 2 aromatic rings. The summed E-state index contributed by atoms with van der Waals surface area (Å²) in [5, 5.41) is 12.8. The molecule has 0 bridgehead atoms. The molecule has 0 spiro atoms. The molecule has 0 aromatic carbocycles. The summed E-state index contributed by atoms with van der Waals surface area (Å²) in [5.41, 5.74) is 1.23. The molecule has 5 nitrogen and oxygen atoms in total. The molecule has 0 saturated carbocycles. The number of thiophene rings is 2. The lowest BCUT2D eigenvalue weighted by molar-refractivity contribution is -0.380. The fraction of sp³-hybridized carbons (Fsp3) is 0.357. The molecule has 21 heavy (non-hydrogen) atoms. The second-order valence-electron chi connectivity index (χ2n) is 4.87. The summed E-state index contributed by atoms with van der Waals surface area (Å²) in [6, 6.07) is 5.12. The van der Waals surface area contributed by atoms with Crippen molar-refractivity contribution in [2.75, 3.05) is 6.54 Å². The van der Waals surface area contributed by atoms with Gasteiger partial charge in [-0.05, 0) is 35.9 Å². The standard InChI is InChI=1S/C14H14N2O3S2/c1-2-10-9-6-8-20-11(9)5-7-15(10)14(17)12-3-4-13(21-12)16(18)19/h3-4,6,8,10H,2,5,7H2,1H3. The van der Waals surface area contributed by atoms with Gasteiger partial charge in [0.2, 0.25) is 0 Å². The number of nitrogens with zero attached hydrogens (tertiary/aromatic N) is 2. The second kappa shape index (κ2) is 5.57. The Bertz CT molecular complexity index is 692. The lowest BCUT2D eigenvalue weighted by Gasteiger charge is -2.35. The van der Waals surface area contributed by atoms with Crippen LogP contribution in [0.3, 0.4) is 0 Å². The Hall–Kier alpha value is -1.73. The van der Waals surface area contributed by atoms with E-state index in [9.17, 15) is 14.9 Å². The minimum atomic E-state index is -0.452. The maximum Gasteiger partial charge on any atom is 0.324 e. The lowest BCUT2D eigenvalue weighted by Crippen LogP contribution is -2.38. The lowest BCUT2D eigenvalue weighted by atomic mass is 9.97. The molecule has 110 valence electrons. The number of carbonyl (C=O) groups excluding carboxylic acids is 1. The Morgan fingerprint density at radius 3 is 2.95 bits per heavy atom. The molecule has 3 heterocycles. The molecule has 0 aliphatic carbocycles. The van der Waals surface area contributed by atoms with Crippen LogP contribution < -0.4 is 0 Å². The van der Waals surface area contributed by atoms with Gasteiger partial charge < -0.3 is 4.90 Å². The normalized spacial score (nSPS) is 17.6. The number of amides is 1. The molecular weight excluding hydrogens is 308 g/mol. The number of carbonyl (C=O) groups is 1. The van der Waals surface area contributed by atoms with Crippen molar-refractivity contribution >= 4 is 33.6 Å². The van der Waals surface area contributed by atoms with Crippen LogP contribution in [0.2, 0.25) is 0 Å². The highest BCUT2D eigenvalue weighted by molar-refractivity contribution is 7.17. The van der Waals surface area contributed by atoms with Crippen LogP contribution in [0.25, 0.3) is 0 Å². The minimum absolute atomic E-state index is 0.0135. The van der Waals surface area contributed by atoms with Crippen LogP contribution in [-0.2, 0) is 6.42 Å². The van der Waals surface area contributed by atoms with E-state index < -0.39 is 4.92 Å². The van der Waals surface area contributed by atoms with Crippen LogP contribution in [0, 0.1) is 10.1 Å². The van der Waals surface area contributed by atoms with E-state index >= 15 is 0 Å². The first-order chi connectivity index (χ1) is 10.1. The van der Waals surface area contributed by atoms with E-state index in [0.717, 1.165) is 24.2 Å². The third kappa shape index (κ3) is 2.47. The summed E-state index contributed by atoms with van der Waals surface area (Å²) in [7, 11) is 0. The fourth-order valence-electron chi connectivity index (χ4n) is 2.76. The first-order valence-corrected chi connectivity index (χ1v) is 8.43. The van der Waals surface area contributed by atoms with Crippen molar-refractivity contribution in [2.45, 2.75) is 25.8 Å². The zero-order chi connectivity index (χ0) is 15.0. The van der Waals surface area contributed by atoms with Crippen molar-refractivity contribution in [3.05, 3.63) is 49.0 Å². The van der Waals surface area contributed by atoms with Crippen molar-refractivity contribution < 1.29 is 9.72 Å². The Labute approximate surface area is 130 Å². The van der Waals surface area contributed by atoms with Crippen LogP contribution in [0.1, 0.15) is 39.5 Å². The van der Waals surface area contributed by atoms with Crippen molar-refractivity contribution in [2.24, 2.45) is 0 Å². The van der Waals surface area contributed by atoms with Gasteiger partial charge in [-0.25, -0.2) is 0 Å². The Morgan fingerprint density at radius 2 is 2.29 bits per heavy atom. The molecule has 0 N–H and O–H groups in total. The van der Waals surface area contributed by atoms with Crippen LogP contribution in [0.5, 0.6) is 0 Å². The van der Waals surface area contributed by atoms with Gasteiger partial charge in [-0.15, -0.1) is 11.3 Å². The molecule has 1 aliphatic rings. The number of rotatable bonds is 3. The van der Waals surface area contributed by atoms with Gasteiger partial charge in [0, 0.05) is 17.5 Å². The van der Waals surface area contributed by atoms with E-state index in [1.165, 1.54) is 16.5 Å². The number of nitro groups is 1. The quantitative estimate of drug-likeness (QED) is 0.636. The van der Waals surface area contributed by atoms with Crippen LogP contribution in [-0.4, -0.2) is 22.3 Å². The summed E-state index contributed by atoms with van der Waals surface area (Å²) < 4.78 is 0. The van der Waals surface area contributed by atoms with E-state index in [-0.39, 0.29) is 17.0 Å². The van der Waals surface area contributed by atoms with Gasteiger partial charge in [-0.3, -0.25) is 14.9 Å². The molecule has 1 atom stereocenters. The molecule has 0 fully saturated rings. The smallest absolute Gasteiger partial charge is 0.324 e. The largest absolute Gasteiger partial charge is 0.331 e. The van der Waals surface area contributed by atoms with Gasteiger partial charge in [0.25, 0.3) is 5.91 Å². The number of hydrogen-bond donors (Lipinski definition) is 0. The fourth-order valence-corrected chi connectivity index (χ4v) is 4.47. The zero-order valence-electron chi connectivity index (χ0n) is 11.4. The van der Waals surface area contributed by atoms with Crippen LogP contribution in [0.15, 0.2) is 23.6 Å². The molecule has 3 rings (SSSR count). The van der Waals surface area contributed by atoms with E-state index in [0.29, 0.717) is 11.4 Å². The first kappa shape index (κ1) is 14.2. The molecule has 0 saturated heterocycles. The van der Waals surface area contributed by atoms with Gasteiger partial charge in [-0.1, -0.05) is 18.3 Å². The highest BCUT2D eigenvalue weighted by Gasteiger charge is 2.32. The monoisotopic (exact) mass is 322 g/mol. The van der Waals surface area contributed by atoms with E-state index in [4.69, 9.17) is 0 Å². The summed E-state index contributed by atoms with van der Waals surface area (Å²) in [6.45, 7) is 2.74. The Kier molecular flexibility index (Phi) is 3.77. The maximum absolute atomic E-state index is 12.7. The summed E-state index contributed by atoms with van der Waals surface area (Å²) in [4.78, 5) is 26.6. The third-order valence-corrected chi connectivity index (χ3v) is 5.75. The molecular formula is C14H14N2O3S2. The van der Waals surface area contributed by atoms with Gasteiger partial charge in [-0.2, -0.15) is 0 Å². The topological polar surface area (TPSA) is 63.5 Å². The van der Waals surface area contributed by atoms with Crippen LogP contribution >= 0.6 is 22.7 Å². The average Bonchev–Trinajstić information content (AvgIpc) is 3.13. The Morgan fingerprint density at radius 1 is 1.48 bits per heavy atom. The first-order valence-electron chi connectivity index (χ1n) is 6.73. The van der Waals surface area contributed by atoms with Gasteiger partial charge in [0.1, 0.15) is 0 Å². The minimum Gasteiger partial charge on any atom is -0.331 e. The highest BCUT2D eigenvalue weighted by Crippen LogP contribution is 2.37. The predicted octanol–water partition coefficient (Wildman–Crippen LogP) is 3.87. The summed E-state index contributed by atoms with van der Waals surface area (Å²) in [6.07, 6.45) is 1.71. The third-order valence-electron chi connectivity index (χ3n) is 3.72. The average molecular weight is 322 g/mol. The molecule has 1 amide bonds. The number of fused-ring (bicyclic) bond motifs is 1. The van der Waals surface area contributed by atoms with Crippen molar-refractivity contribution in [1.29, 1.82) is 0 Å². The Balaban J connectivity index is 1.89. The second-order valence-corrected chi connectivity index (χ2v) is 6.93. The van der Waals surface area contributed by atoms with Gasteiger partial charge in [0.05, 0.1) is 15.8 Å². The van der Waals surface area contributed by atoms with Crippen molar-refractivity contribution in [3.8, 4) is 0 Å². The summed E-state index contributed by atoms with van der Waals surface area (Å²) in [5.74, 6) is -0.100. The highest BCUT2D eigenvalue weighted by atomic mass is 32.1. The van der Waals surface area contributed by atoms with Crippen molar-refractivity contribution in [1.82, 2.24) is 4.90 Å². The van der Waals surface area contributed by atoms with Crippen LogP contribution in [0.4, 0.5) is 5.00 Å². The van der Waals surface area contributed by atoms with Gasteiger partial charge in [0.15, 0.2) is 0 Å². The SMILES string of the molecule is CCC1c2ccsc2CCN1C(=O)c1ccc([N+](=O)[O-])s1. The molecule has 1 aliphatic heterocycles. The van der Waals surface area contributed by atoms with E-state index in [1.807, 2.05) is 4.90 Å². The predicted molar refractivity (Wildman–Crippen MR) is 83.1 cm³/mol. The molecule has 2 aromatic heterocycles.